The summed E-state index contributed by atoms with van der Waals surface area (Å²) in [4.78, 5) is 0. The predicted octanol–water partition coefficient (Wildman–Crippen LogP) is 2.70. The molecule has 1 heterocycles. The summed E-state index contributed by atoms with van der Waals surface area (Å²) in [7, 11) is 0. The monoisotopic (exact) mass is 239 g/mol. The van der Waals surface area contributed by atoms with E-state index in [2.05, 4.69) is 52.4 Å². The molecule has 0 bridgehead atoms. The summed E-state index contributed by atoms with van der Waals surface area (Å²) in [5.74, 6) is 0. The Kier molecular flexibility index (Phi) is 2.43. The van der Waals surface area contributed by atoms with Gasteiger partial charge in [0.1, 0.15) is 0 Å². The van der Waals surface area contributed by atoms with Crippen LogP contribution in [0.3, 0.4) is 0 Å². The van der Waals surface area contributed by atoms with Crippen LogP contribution in [0.5, 0.6) is 0 Å². The van der Waals surface area contributed by atoms with Crippen LogP contribution in [-0.4, -0.2) is 13.1 Å². The molecule has 0 amide bonds. The van der Waals surface area contributed by atoms with Crippen LogP contribution in [0.1, 0.15) is 18.9 Å². The van der Waals surface area contributed by atoms with Crippen molar-refractivity contribution >= 4 is 15.9 Å². The lowest BCUT2D eigenvalue weighted by molar-refractivity contribution is 0.266. The average Bonchev–Trinajstić information content (AvgIpc) is 2.07. The fourth-order valence-corrected chi connectivity index (χ4v) is 2.65. The molecule has 1 nitrogen and oxygen atoms in total. The molecule has 0 unspecified atom stereocenters. The molecule has 70 valence electrons. The quantitative estimate of drug-likeness (QED) is 0.838. The van der Waals surface area contributed by atoms with E-state index in [0.29, 0.717) is 5.41 Å². The van der Waals surface area contributed by atoms with Crippen molar-refractivity contribution in [1.29, 1.82) is 0 Å². The van der Waals surface area contributed by atoms with Crippen LogP contribution in [0.2, 0.25) is 0 Å². The van der Waals surface area contributed by atoms with E-state index in [1.54, 1.807) is 0 Å². The van der Waals surface area contributed by atoms with Crippen molar-refractivity contribution in [2.45, 2.75) is 18.8 Å². The topological polar surface area (TPSA) is 12.0 Å². The third kappa shape index (κ3) is 1.42. The van der Waals surface area contributed by atoms with Crippen LogP contribution in [0.4, 0.5) is 0 Å². The molecule has 0 aliphatic carbocycles. The Morgan fingerprint density at radius 2 is 2.08 bits per heavy atom. The van der Waals surface area contributed by atoms with Crippen LogP contribution in [0.25, 0.3) is 0 Å². The number of benzene rings is 1. The first kappa shape index (κ1) is 9.22. The van der Waals surface area contributed by atoms with Crippen molar-refractivity contribution in [1.82, 2.24) is 5.32 Å². The minimum absolute atomic E-state index is 0.389. The van der Waals surface area contributed by atoms with E-state index in [4.69, 9.17) is 0 Å². The van der Waals surface area contributed by atoms with Crippen LogP contribution in [-0.2, 0) is 5.41 Å². The molecule has 0 spiro atoms. The highest BCUT2D eigenvalue weighted by molar-refractivity contribution is 9.10. The summed E-state index contributed by atoms with van der Waals surface area (Å²) in [6.45, 7) is 4.50. The van der Waals surface area contributed by atoms with Crippen LogP contribution in [0, 0.1) is 0 Å². The fraction of sp³-hybridized carbons (Fsp3) is 0.455. The average molecular weight is 240 g/mol. The molecule has 2 heteroatoms. The molecule has 1 aromatic rings. The lowest BCUT2D eigenvalue weighted by Gasteiger charge is -2.43. The van der Waals surface area contributed by atoms with E-state index in [1.807, 2.05) is 0 Å². The molecular weight excluding hydrogens is 226 g/mol. The highest BCUT2D eigenvalue weighted by Crippen LogP contribution is 2.36. The lowest BCUT2D eigenvalue weighted by Crippen LogP contribution is -2.56. The van der Waals surface area contributed by atoms with E-state index in [-0.39, 0.29) is 0 Å². The maximum Gasteiger partial charge on any atom is 0.0213 e. The summed E-state index contributed by atoms with van der Waals surface area (Å²) in [6.07, 6.45) is 1.21. The maximum atomic E-state index is 3.62. The van der Waals surface area contributed by atoms with Crippen molar-refractivity contribution in [3.05, 3.63) is 34.3 Å². The third-order valence-corrected chi connectivity index (χ3v) is 3.74. The molecule has 0 saturated carbocycles. The Morgan fingerprint density at radius 3 is 2.54 bits per heavy atom. The van der Waals surface area contributed by atoms with Gasteiger partial charge in [-0.2, -0.15) is 0 Å². The van der Waals surface area contributed by atoms with Crippen molar-refractivity contribution in [3.8, 4) is 0 Å². The minimum atomic E-state index is 0.389. The first-order valence-electron chi connectivity index (χ1n) is 4.74. The number of hydrogen-bond donors (Lipinski definition) is 1. The molecule has 1 aromatic carbocycles. The van der Waals surface area contributed by atoms with Gasteiger partial charge in [0.05, 0.1) is 0 Å². The Bertz CT molecular complexity index is 299. The Balaban J connectivity index is 2.38. The van der Waals surface area contributed by atoms with Gasteiger partial charge in [0.25, 0.3) is 0 Å². The number of nitrogens with one attached hydrogen (secondary N) is 1. The van der Waals surface area contributed by atoms with Gasteiger partial charge in [-0.15, -0.1) is 0 Å². The van der Waals surface area contributed by atoms with Crippen molar-refractivity contribution in [2.75, 3.05) is 13.1 Å². The van der Waals surface area contributed by atoms with Gasteiger partial charge in [-0.3, -0.25) is 0 Å². The molecule has 1 aliphatic heterocycles. The number of hydrogen-bond acceptors (Lipinski definition) is 1. The molecule has 1 saturated heterocycles. The Morgan fingerprint density at radius 1 is 1.38 bits per heavy atom. The predicted molar refractivity (Wildman–Crippen MR) is 59.0 cm³/mol. The number of rotatable bonds is 2. The fourth-order valence-electron chi connectivity index (χ4n) is 1.95. The molecule has 0 aromatic heterocycles. The van der Waals surface area contributed by atoms with Crippen LogP contribution < -0.4 is 5.32 Å². The van der Waals surface area contributed by atoms with Gasteiger partial charge in [-0.1, -0.05) is 41.1 Å². The second kappa shape index (κ2) is 3.43. The van der Waals surface area contributed by atoms with E-state index < -0.39 is 0 Å². The summed E-state index contributed by atoms with van der Waals surface area (Å²) in [6, 6.07) is 8.55. The SMILES string of the molecule is CCC1(c2ccccc2Br)CNC1. The zero-order valence-electron chi connectivity index (χ0n) is 7.81. The summed E-state index contributed by atoms with van der Waals surface area (Å²) < 4.78 is 1.25. The lowest BCUT2D eigenvalue weighted by atomic mass is 9.73. The first-order valence-corrected chi connectivity index (χ1v) is 5.53. The van der Waals surface area contributed by atoms with E-state index in [1.165, 1.54) is 16.5 Å². The van der Waals surface area contributed by atoms with Gasteiger partial charge < -0.3 is 5.32 Å². The minimum Gasteiger partial charge on any atom is -0.315 e. The standard InChI is InChI=1S/C11H14BrN/c1-2-11(7-13-8-11)9-5-3-4-6-10(9)12/h3-6,13H,2,7-8H2,1H3. The van der Waals surface area contributed by atoms with Crippen molar-refractivity contribution < 1.29 is 0 Å². The number of halogens is 1. The smallest absolute Gasteiger partial charge is 0.0213 e. The van der Waals surface area contributed by atoms with Gasteiger partial charge in [0.15, 0.2) is 0 Å². The second-order valence-electron chi connectivity index (χ2n) is 3.72. The normalized spacial score (nSPS) is 19.5. The zero-order valence-corrected chi connectivity index (χ0v) is 9.39. The Hall–Kier alpha value is -0.340. The highest BCUT2D eigenvalue weighted by Gasteiger charge is 2.37. The van der Waals surface area contributed by atoms with E-state index in [9.17, 15) is 0 Å². The van der Waals surface area contributed by atoms with Crippen molar-refractivity contribution in [3.63, 3.8) is 0 Å². The summed E-state index contributed by atoms with van der Waals surface area (Å²) in [5, 5.41) is 3.36. The van der Waals surface area contributed by atoms with E-state index >= 15 is 0 Å². The summed E-state index contributed by atoms with van der Waals surface area (Å²) in [5.41, 5.74) is 1.84. The largest absolute Gasteiger partial charge is 0.315 e. The molecule has 1 N–H and O–H groups in total. The van der Waals surface area contributed by atoms with Gasteiger partial charge >= 0.3 is 0 Å². The molecule has 0 radical (unpaired) electrons. The molecule has 2 rings (SSSR count). The molecule has 1 fully saturated rings. The zero-order chi connectivity index (χ0) is 9.31. The van der Waals surface area contributed by atoms with E-state index in [0.717, 1.165) is 13.1 Å². The molecule has 1 aliphatic rings. The van der Waals surface area contributed by atoms with Crippen molar-refractivity contribution in [2.24, 2.45) is 0 Å². The molecular formula is C11H14BrN. The molecule has 0 atom stereocenters. The van der Waals surface area contributed by atoms with Gasteiger partial charge in [-0.05, 0) is 18.1 Å². The van der Waals surface area contributed by atoms with Gasteiger partial charge in [-0.25, -0.2) is 0 Å². The second-order valence-corrected chi connectivity index (χ2v) is 4.57. The highest BCUT2D eigenvalue weighted by atomic mass is 79.9. The summed E-state index contributed by atoms with van der Waals surface area (Å²) >= 11 is 3.62. The third-order valence-electron chi connectivity index (χ3n) is 3.05. The van der Waals surface area contributed by atoms with Crippen LogP contribution in [0.15, 0.2) is 28.7 Å². The van der Waals surface area contributed by atoms with Crippen LogP contribution >= 0.6 is 15.9 Å². The maximum absolute atomic E-state index is 3.62. The molecule has 13 heavy (non-hydrogen) atoms. The Labute approximate surface area is 87.7 Å². The van der Waals surface area contributed by atoms with Gasteiger partial charge in [0.2, 0.25) is 0 Å². The van der Waals surface area contributed by atoms with Gasteiger partial charge in [0, 0.05) is 23.0 Å². The first-order chi connectivity index (χ1) is 6.28.